The van der Waals surface area contributed by atoms with Gasteiger partial charge in [-0.15, -0.1) is 0 Å². The molecule has 18 heavy (non-hydrogen) atoms. The lowest BCUT2D eigenvalue weighted by molar-refractivity contribution is 0.479. The molecule has 0 spiro atoms. The second-order valence-corrected chi connectivity index (χ2v) is 5.04. The van der Waals surface area contributed by atoms with Crippen molar-refractivity contribution < 1.29 is 4.74 Å². The van der Waals surface area contributed by atoms with Gasteiger partial charge in [0.15, 0.2) is 0 Å². The summed E-state index contributed by atoms with van der Waals surface area (Å²) in [5.41, 5.74) is 2.93. The largest absolute Gasteiger partial charge is 0.456 e. The van der Waals surface area contributed by atoms with Crippen molar-refractivity contribution >= 4 is 15.9 Å². The van der Waals surface area contributed by atoms with Crippen LogP contribution in [0.25, 0.3) is 0 Å². The third kappa shape index (κ3) is 2.91. The van der Waals surface area contributed by atoms with E-state index in [-0.39, 0.29) is 0 Å². The number of halogens is 1. The molecule has 90 valence electrons. The molecular formula is C15H12BrNO. The number of hydrogen-bond acceptors (Lipinski definition) is 2. The van der Waals surface area contributed by atoms with Crippen molar-refractivity contribution in [1.82, 2.24) is 0 Å². The topological polar surface area (TPSA) is 33.0 Å². The van der Waals surface area contributed by atoms with Gasteiger partial charge in [0.2, 0.25) is 0 Å². The van der Waals surface area contributed by atoms with Gasteiger partial charge in [-0.2, -0.15) is 5.26 Å². The second-order valence-electron chi connectivity index (χ2n) is 4.18. The Morgan fingerprint density at radius 1 is 1.06 bits per heavy atom. The molecule has 2 aromatic carbocycles. The molecule has 0 N–H and O–H groups in total. The summed E-state index contributed by atoms with van der Waals surface area (Å²) in [6.07, 6.45) is 0. The van der Waals surface area contributed by atoms with Crippen LogP contribution < -0.4 is 4.74 Å². The van der Waals surface area contributed by atoms with Gasteiger partial charge in [-0.25, -0.2) is 0 Å². The third-order valence-electron chi connectivity index (χ3n) is 2.48. The van der Waals surface area contributed by atoms with E-state index < -0.39 is 0 Å². The molecule has 2 nitrogen and oxygen atoms in total. The third-order valence-corrected chi connectivity index (χ3v) is 3.10. The van der Waals surface area contributed by atoms with Crippen molar-refractivity contribution in [3.8, 4) is 17.6 Å². The fourth-order valence-electron chi connectivity index (χ4n) is 1.77. The van der Waals surface area contributed by atoms with Crippen LogP contribution in [-0.2, 0) is 0 Å². The van der Waals surface area contributed by atoms with Crippen molar-refractivity contribution in [2.24, 2.45) is 0 Å². The van der Waals surface area contributed by atoms with Gasteiger partial charge in [-0.05, 0) is 71.2 Å². The molecule has 3 heteroatoms. The maximum atomic E-state index is 8.80. The van der Waals surface area contributed by atoms with Crippen LogP contribution in [0.15, 0.2) is 40.9 Å². The molecule has 0 saturated carbocycles. The minimum atomic E-state index is 0.606. The van der Waals surface area contributed by atoms with Gasteiger partial charge in [0, 0.05) is 0 Å². The number of hydrogen-bond donors (Lipinski definition) is 0. The molecule has 0 aliphatic rings. The molecular weight excluding hydrogens is 290 g/mol. The van der Waals surface area contributed by atoms with E-state index in [0.29, 0.717) is 11.3 Å². The van der Waals surface area contributed by atoms with E-state index in [9.17, 15) is 0 Å². The summed E-state index contributed by atoms with van der Waals surface area (Å²) in [4.78, 5) is 0. The average Bonchev–Trinajstić information content (AvgIpc) is 2.30. The van der Waals surface area contributed by atoms with Crippen molar-refractivity contribution in [1.29, 1.82) is 5.26 Å². The predicted molar refractivity (Wildman–Crippen MR) is 74.8 cm³/mol. The van der Waals surface area contributed by atoms with E-state index in [0.717, 1.165) is 21.3 Å². The van der Waals surface area contributed by atoms with Gasteiger partial charge in [0.25, 0.3) is 0 Å². The molecule has 0 aromatic heterocycles. The number of ether oxygens (including phenoxy) is 1. The normalized spacial score (nSPS) is 9.89. The molecule has 0 aliphatic heterocycles. The monoisotopic (exact) mass is 301 g/mol. The van der Waals surface area contributed by atoms with E-state index >= 15 is 0 Å². The highest BCUT2D eigenvalue weighted by molar-refractivity contribution is 9.10. The average molecular weight is 302 g/mol. The molecule has 0 amide bonds. The van der Waals surface area contributed by atoms with Crippen LogP contribution in [0.5, 0.6) is 11.5 Å². The van der Waals surface area contributed by atoms with Crippen LogP contribution in [0, 0.1) is 25.2 Å². The van der Waals surface area contributed by atoms with Gasteiger partial charge in [-0.3, -0.25) is 0 Å². The van der Waals surface area contributed by atoms with E-state index in [4.69, 9.17) is 10.00 Å². The molecule has 0 unspecified atom stereocenters. The summed E-state index contributed by atoms with van der Waals surface area (Å²) in [7, 11) is 0. The zero-order chi connectivity index (χ0) is 13.1. The predicted octanol–water partition coefficient (Wildman–Crippen LogP) is 4.73. The van der Waals surface area contributed by atoms with Gasteiger partial charge < -0.3 is 4.74 Å². The molecule has 0 fully saturated rings. The molecule has 0 aliphatic carbocycles. The Hall–Kier alpha value is -1.79. The molecule has 0 radical (unpaired) electrons. The van der Waals surface area contributed by atoms with E-state index in [2.05, 4.69) is 28.1 Å². The first-order chi connectivity index (χ1) is 8.58. The molecule has 0 atom stereocenters. The van der Waals surface area contributed by atoms with Crippen molar-refractivity contribution in [2.75, 3.05) is 0 Å². The summed E-state index contributed by atoms with van der Waals surface area (Å²) >= 11 is 3.41. The number of aryl methyl sites for hydroxylation is 2. The minimum Gasteiger partial charge on any atom is -0.456 e. The zero-order valence-corrected chi connectivity index (χ0v) is 11.8. The summed E-state index contributed by atoms with van der Waals surface area (Å²) in [6.45, 7) is 4.07. The number of nitrogens with zero attached hydrogens (tertiary/aromatic N) is 1. The summed E-state index contributed by atoms with van der Waals surface area (Å²) in [6, 6.07) is 13.4. The number of nitriles is 1. The second kappa shape index (κ2) is 5.24. The smallest absolute Gasteiger partial charge is 0.141 e. The van der Waals surface area contributed by atoms with Gasteiger partial charge in [-0.1, -0.05) is 6.07 Å². The summed E-state index contributed by atoms with van der Waals surface area (Å²) in [5.74, 6) is 1.51. The summed E-state index contributed by atoms with van der Waals surface area (Å²) in [5, 5.41) is 8.80. The maximum Gasteiger partial charge on any atom is 0.141 e. The quantitative estimate of drug-likeness (QED) is 0.803. The van der Waals surface area contributed by atoms with E-state index in [1.807, 2.05) is 26.0 Å². The molecule has 0 bridgehead atoms. The molecule has 2 rings (SSSR count). The Balaban J connectivity index is 2.31. The van der Waals surface area contributed by atoms with Crippen LogP contribution in [0.3, 0.4) is 0 Å². The fraction of sp³-hybridized carbons (Fsp3) is 0.133. The SMILES string of the molecule is Cc1cc(C)cc(Oc2ccc(C#N)cc2Br)c1. The highest BCUT2D eigenvalue weighted by atomic mass is 79.9. The van der Waals surface area contributed by atoms with Crippen molar-refractivity contribution in [2.45, 2.75) is 13.8 Å². The van der Waals surface area contributed by atoms with E-state index in [1.165, 1.54) is 0 Å². The highest BCUT2D eigenvalue weighted by Crippen LogP contribution is 2.31. The first kappa shape index (κ1) is 12.7. The fourth-order valence-corrected chi connectivity index (χ4v) is 2.23. The van der Waals surface area contributed by atoms with Crippen LogP contribution in [0.1, 0.15) is 16.7 Å². The maximum absolute atomic E-state index is 8.80. The van der Waals surface area contributed by atoms with Crippen LogP contribution in [-0.4, -0.2) is 0 Å². The molecule has 0 saturated heterocycles. The Kier molecular flexibility index (Phi) is 3.69. The Bertz CT molecular complexity index is 609. The minimum absolute atomic E-state index is 0.606. The number of benzene rings is 2. The van der Waals surface area contributed by atoms with Gasteiger partial charge in [0.1, 0.15) is 11.5 Å². The van der Waals surface area contributed by atoms with Crippen LogP contribution in [0.4, 0.5) is 0 Å². The van der Waals surface area contributed by atoms with Crippen LogP contribution in [0.2, 0.25) is 0 Å². The highest BCUT2D eigenvalue weighted by Gasteiger charge is 2.05. The zero-order valence-electron chi connectivity index (χ0n) is 10.2. The Morgan fingerprint density at radius 2 is 1.72 bits per heavy atom. The number of rotatable bonds is 2. The van der Waals surface area contributed by atoms with Crippen molar-refractivity contribution in [3.63, 3.8) is 0 Å². The molecule has 0 heterocycles. The van der Waals surface area contributed by atoms with Crippen LogP contribution >= 0.6 is 15.9 Å². The van der Waals surface area contributed by atoms with E-state index in [1.54, 1.807) is 18.2 Å². The summed E-state index contributed by atoms with van der Waals surface area (Å²) < 4.78 is 6.59. The molecule has 2 aromatic rings. The lowest BCUT2D eigenvalue weighted by atomic mass is 10.1. The van der Waals surface area contributed by atoms with Gasteiger partial charge >= 0.3 is 0 Å². The lowest BCUT2D eigenvalue weighted by Gasteiger charge is -2.09. The Morgan fingerprint density at radius 3 is 2.28 bits per heavy atom. The van der Waals surface area contributed by atoms with Crippen molar-refractivity contribution in [3.05, 3.63) is 57.6 Å². The first-order valence-corrected chi connectivity index (χ1v) is 6.33. The van der Waals surface area contributed by atoms with Gasteiger partial charge in [0.05, 0.1) is 16.1 Å². The lowest BCUT2D eigenvalue weighted by Crippen LogP contribution is -1.88. The Labute approximate surface area is 115 Å². The first-order valence-electron chi connectivity index (χ1n) is 5.54. The standard InChI is InChI=1S/C15H12BrNO/c1-10-5-11(2)7-13(6-10)18-15-4-3-12(9-17)8-14(15)16/h3-8H,1-2H3.